The molecule has 0 fully saturated rings. The first-order valence-corrected chi connectivity index (χ1v) is 5.29. The van der Waals surface area contributed by atoms with Gasteiger partial charge in [0, 0.05) is 11.6 Å². The maximum absolute atomic E-state index is 13.2. The van der Waals surface area contributed by atoms with E-state index in [1.807, 2.05) is 6.92 Å². The minimum atomic E-state index is -0.384. The average molecular weight is 248 g/mol. The highest BCUT2D eigenvalue weighted by atomic mass is 19.1. The molecule has 5 nitrogen and oxygen atoms in total. The minimum absolute atomic E-state index is 0.284. The van der Waals surface area contributed by atoms with Crippen molar-refractivity contribution in [2.24, 2.45) is 5.10 Å². The smallest absolute Gasteiger partial charge is 0.221 e. The third-order valence-electron chi connectivity index (χ3n) is 2.30. The van der Waals surface area contributed by atoms with Crippen molar-refractivity contribution in [1.29, 1.82) is 0 Å². The summed E-state index contributed by atoms with van der Waals surface area (Å²) >= 11 is 0. The lowest BCUT2D eigenvalue weighted by atomic mass is 10.2. The zero-order valence-corrected chi connectivity index (χ0v) is 10.1. The summed E-state index contributed by atoms with van der Waals surface area (Å²) in [6, 6.07) is 4.33. The molecule has 0 aliphatic heterocycles. The number of hydrogen-bond donors (Lipinski definition) is 1. The Morgan fingerprint density at radius 1 is 1.44 bits per heavy atom. The Hall–Kier alpha value is -2.37. The molecule has 0 saturated heterocycles. The molecule has 0 amide bonds. The first-order chi connectivity index (χ1) is 8.58. The molecule has 0 bridgehead atoms. The van der Waals surface area contributed by atoms with E-state index in [-0.39, 0.29) is 11.8 Å². The molecule has 18 heavy (non-hydrogen) atoms. The molecule has 0 unspecified atom stereocenters. The topological polar surface area (TPSA) is 65.4 Å². The van der Waals surface area contributed by atoms with Gasteiger partial charge in [0.25, 0.3) is 0 Å². The van der Waals surface area contributed by atoms with Crippen LogP contribution in [0.4, 0.5) is 10.3 Å². The van der Waals surface area contributed by atoms with Crippen molar-refractivity contribution < 1.29 is 9.13 Å². The van der Waals surface area contributed by atoms with Gasteiger partial charge in [-0.25, -0.2) is 14.1 Å². The van der Waals surface area contributed by atoms with Gasteiger partial charge in [-0.2, -0.15) is 5.10 Å². The number of halogens is 1. The summed E-state index contributed by atoms with van der Waals surface area (Å²) in [6.07, 6.45) is 3.17. The van der Waals surface area contributed by atoms with Crippen molar-refractivity contribution in [2.45, 2.75) is 6.92 Å². The molecule has 0 aliphatic carbocycles. The molecule has 1 heterocycles. The third-order valence-corrected chi connectivity index (χ3v) is 2.30. The molecule has 0 aliphatic rings. The van der Waals surface area contributed by atoms with Crippen molar-refractivity contribution >= 4 is 12.2 Å². The van der Waals surface area contributed by atoms with E-state index in [0.29, 0.717) is 11.3 Å². The van der Waals surface area contributed by atoms with E-state index in [1.165, 1.54) is 30.1 Å². The molecule has 94 valence electrons. The highest BCUT2D eigenvalue weighted by Gasteiger charge is 2.01. The number of anilines is 1. The van der Waals surface area contributed by atoms with Gasteiger partial charge in [-0.15, -0.1) is 0 Å². The highest BCUT2D eigenvalue weighted by molar-refractivity contribution is 5.80. The number of imidazole rings is 1. The second-order valence-corrected chi connectivity index (χ2v) is 3.75. The van der Waals surface area contributed by atoms with Crippen LogP contribution in [-0.2, 0) is 0 Å². The number of aromatic nitrogens is 2. The molecule has 2 aromatic rings. The van der Waals surface area contributed by atoms with Gasteiger partial charge in [-0.05, 0) is 19.1 Å². The highest BCUT2D eigenvalue weighted by Crippen LogP contribution is 2.14. The molecule has 1 aromatic carbocycles. The molecular weight excluding hydrogens is 235 g/mol. The summed E-state index contributed by atoms with van der Waals surface area (Å²) in [6.45, 7) is 1.81. The summed E-state index contributed by atoms with van der Waals surface area (Å²) in [5, 5.41) is 4.10. The van der Waals surface area contributed by atoms with E-state index in [1.54, 1.807) is 12.3 Å². The zero-order valence-electron chi connectivity index (χ0n) is 10.1. The average Bonchev–Trinajstić information content (AvgIpc) is 2.64. The van der Waals surface area contributed by atoms with Gasteiger partial charge < -0.3 is 10.5 Å². The molecular formula is C12H13FN4O. The molecule has 1 aromatic heterocycles. The lowest BCUT2D eigenvalue weighted by Crippen LogP contribution is -1.97. The quantitative estimate of drug-likeness (QED) is 0.842. The second-order valence-electron chi connectivity index (χ2n) is 3.75. The number of nitrogen functional groups attached to an aromatic ring is 1. The van der Waals surface area contributed by atoms with Crippen molar-refractivity contribution in [3.8, 4) is 5.75 Å². The summed E-state index contributed by atoms with van der Waals surface area (Å²) in [4.78, 5) is 4.00. The van der Waals surface area contributed by atoms with Gasteiger partial charge >= 0.3 is 0 Å². The van der Waals surface area contributed by atoms with Crippen LogP contribution < -0.4 is 10.5 Å². The van der Waals surface area contributed by atoms with Crippen molar-refractivity contribution in [1.82, 2.24) is 9.66 Å². The van der Waals surface area contributed by atoms with Gasteiger partial charge in [0.2, 0.25) is 5.95 Å². The van der Waals surface area contributed by atoms with Gasteiger partial charge in [-0.1, -0.05) is 0 Å². The SMILES string of the molecule is COc1cc(F)cc(C=Nn2cc(C)nc2N)c1. The van der Waals surface area contributed by atoms with Gasteiger partial charge in [-0.3, -0.25) is 0 Å². The lowest BCUT2D eigenvalue weighted by molar-refractivity contribution is 0.411. The van der Waals surface area contributed by atoms with Crippen LogP contribution in [0.2, 0.25) is 0 Å². The van der Waals surface area contributed by atoms with Gasteiger partial charge in [0.05, 0.1) is 25.2 Å². The van der Waals surface area contributed by atoms with E-state index in [4.69, 9.17) is 10.5 Å². The third kappa shape index (κ3) is 2.65. The molecule has 0 spiro atoms. The van der Waals surface area contributed by atoms with Crippen LogP contribution in [0.1, 0.15) is 11.3 Å². The first-order valence-electron chi connectivity index (χ1n) is 5.29. The maximum atomic E-state index is 13.2. The normalized spacial score (nSPS) is 11.1. The van der Waals surface area contributed by atoms with Crippen LogP contribution in [0, 0.1) is 12.7 Å². The van der Waals surface area contributed by atoms with Gasteiger partial charge in [0.1, 0.15) is 11.6 Å². The number of ether oxygens (including phenoxy) is 1. The maximum Gasteiger partial charge on any atom is 0.221 e. The Morgan fingerprint density at radius 3 is 2.83 bits per heavy atom. The Balaban J connectivity index is 2.28. The number of methoxy groups -OCH3 is 1. The second kappa shape index (κ2) is 4.87. The molecule has 0 saturated carbocycles. The monoisotopic (exact) mass is 248 g/mol. The fourth-order valence-electron chi connectivity index (χ4n) is 1.50. The van der Waals surface area contributed by atoms with Crippen LogP contribution in [0.15, 0.2) is 29.5 Å². The van der Waals surface area contributed by atoms with Gasteiger partial charge in [0.15, 0.2) is 0 Å². The van der Waals surface area contributed by atoms with Crippen LogP contribution in [0.3, 0.4) is 0 Å². The predicted molar refractivity (Wildman–Crippen MR) is 67.3 cm³/mol. The first kappa shape index (κ1) is 12.1. The van der Waals surface area contributed by atoms with E-state index in [9.17, 15) is 4.39 Å². The summed E-state index contributed by atoms with van der Waals surface area (Å²) in [5.74, 6) is 0.337. The molecule has 2 N–H and O–H groups in total. The van der Waals surface area contributed by atoms with Crippen LogP contribution in [0.25, 0.3) is 0 Å². The predicted octanol–water partition coefficient (Wildman–Crippen LogP) is 1.80. The molecule has 2 rings (SSSR count). The van der Waals surface area contributed by atoms with Crippen LogP contribution >= 0.6 is 0 Å². The Morgan fingerprint density at radius 2 is 2.22 bits per heavy atom. The number of nitrogens with zero attached hydrogens (tertiary/aromatic N) is 3. The summed E-state index contributed by atoms with van der Waals surface area (Å²) in [7, 11) is 1.48. The Labute approximate surface area is 104 Å². The minimum Gasteiger partial charge on any atom is -0.497 e. The number of benzene rings is 1. The largest absolute Gasteiger partial charge is 0.497 e. The number of hydrogen-bond acceptors (Lipinski definition) is 4. The van der Waals surface area contributed by atoms with E-state index < -0.39 is 0 Å². The van der Waals surface area contributed by atoms with E-state index in [0.717, 1.165) is 5.69 Å². The lowest BCUT2D eigenvalue weighted by Gasteiger charge is -2.01. The summed E-state index contributed by atoms with van der Waals surface area (Å²) in [5.41, 5.74) is 6.98. The fourth-order valence-corrected chi connectivity index (χ4v) is 1.50. The molecule has 0 radical (unpaired) electrons. The fraction of sp³-hybridized carbons (Fsp3) is 0.167. The molecule has 0 atom stereocenters. The number of rotatable bonds is 3. The van der Waals surface area contributed by atoms with Crippen molar-refractivity contribution in [3.05, 3.63) is 41.5 Å². The number of nitrogens with two attached hydrogens (primary N) is 1. The van der Waals surface area contributed by atoms with Crippen LogP contribution in [-0.4, -0.2) is 23.0 Å². The van der Waals surface area contributed by atoms with Crippen molar-refractivity contribution in [3.63, 3.8) is 0 Å². The Bertz CT molecular complexity index is 592. The van der Waals surface area contributed by atoms with Crippen LogP contribution in [0.5, 0.6) is 5.75 Å². The standard InChI is InChI=1S/C12H13FN4O/c1-8-7-17(12(14)16-8)15-6-9-3-10(13)5-11(4-9)18-2/h3-7H,1-2H3,(H2,14,16). The Kier molecular flexibility index (Phi) is 3.27. The van der Waals surface area contributed by atoms with E-state index >= 15 is 0 Å². The zero-order chi connectivity index (χ0) is 13.1. The van der Waals surface area contributed by atoms with E-state index in [2.05, 4.69) is 10.1 Å². The summed E-state index contributed by atoms with van der Waals surface area (Å²) < 4.78 is 19.6. The molecule has 6 heteroatoms. The number of aryl methyl sites for hydroxylation is 1. The van der Waals surface area contributed by atoms with Crippen molar-refractivity contribution in [2.75, 3.05) is 12.8 Å².